The maximum Gasteiger partial charge on any atom is 0.136 e. The van der Waals surface area contributed by atoms with Crippen molar-refractivity contribution in [3.8, 4) is 33.4 Å². The van der Waals surface area contributed by atoms with Gasteiger partial charge in [-0.05, 0) is 94.7 Å². The lowest BCUT2D eigenvalue weighted by atomic mass is 9.84. The van der Waals surface area contributed by atoms with Gasteiger partial charge in [-0.1, -0.05) is 151 Å². The molecule has 0 saturated carbocycles. The van der Waals surface area contributed by atoms with Crippen molar-refractivity contribution in [1.29, 1.82) is 0 Å². The standard InChI is InChI=1S/C46H28O/c1-2-13-30(14-3-1)44-36-18-8-10-20-38(36)45(39-21-11-9-19-37(39)44)40-25-24-32(34-16-6-7-17-35(34)40)31-23-26-42-41(28-31)46-33-15-5-4-12-29(33)22-27-43(46)47-42/h1-28H/i8D,9D,10D,11D,18D,19D,20D,21D. The third kappa shape index (κ3) is 3.90. The Morgan fingerprint density at radius 2 is 0.957 bits per heavy atom. The van der Waals surface area contributed by atoms with Crippen LogP contribution >= 0.6 is 0 Å². The number of fused-ring (bicyclic) bond motifs is 8. The SMILES string of the molecule is [2H]c1c([2H])c([2H])c2c(-c3ccc(-c4ccc5oc6ccc7ccccc7c6c5c4)c4ccccc34)c3c([2H])c([2H])c([2H])c([2H])c3c(-c3ccccc3)c2c1[2H]. The number of hydrogen-bond donors (Lipinski definition) is 0. The van der Waals surface area contributed by atoms with Gasteiger partial charge in [0.2, 0.25) is 0 Å². The van der Waals surface area contributed by atoms with Gasteiger partial charge in [0.05, 0.1) is 11.0 Å². The molecule has 0 atom stereocenters. The van der Waals surface area contributed by atoms with Crippen LogP contribution in [0.4, 0.5) is 0 Å². The highest BCUT2D eigenvalue weighted by molar-refractivity contribution is 6.24. The largest absolute Gasteiger partial charge is 0.456 e. The second kappa shape index (κ2) is 10.2. The maximum atomic E-state index is 9.35. The third-order valence-electron chi connectivity index (χ3n) is 9.30. The van der Waals surface area contributed by atoms with Gasteiger partial charge in [0.25, 0.3) is 0 Å². The van der Waals surface area contributed by atoms with Crippen LogP contribution in [0, 0.1) is 0 Å². The summed E-state index contributed by atoms with van der Waals surface area (Å²) in [6.45, 7) is 0. The van der Waals surface area contributed by atoms with Gasteiger partial charge in [0, 0.05) is 10.8 Å². The van der Waals surface area contributed by atoms with Gasteiger partial charge in [-0.3, -0.25) is 0 Å². The lowest BCUT2D eigenvalue weighted by Gasteiger charge is -2.19. The highest BCUT2D eigenvalue weighted by atomic mass is 16.3. The summed E-state index contributed by atoms with van der Waals surface area (Å²) < 4.78 is 78.5. The molecule has 9 aromatic carbocycles. The van der Waals surface area contributed by atoms with E-state index in [-0.39, 0.29) is 45.7 Å². The number of benzene rings is 9. The third-order valence-corrected chi connectivity index (χ3v) is 9.30. The van der Waals surface area contributed by atoms with Crippen LogP contribution in [-0.4, -0.2) is 0 Å². The lowest BCUT2D eigenvalue weighted by Crippen LogP contribution is -1.92. The lowest BCUT2D eigenvalue weighted by molar-refractivity contribution is 0.669. The van der Waals surface area contributed by atoms with Crippen LogP contribution in [-0.2, 0) is 0 Å². The van der Waals surface area contributed by atoms with Crippen LogP contribution in [0.15, 0.2) is 174 Å². The normalized spacial score (nSPS) is 14.2. The average Bonchev–Trinajstić information content (AvgIpc) is 3.61. The van der Waals surface area contributed by atoms with E-state index in [0.717, 1.165) is 54.6 Å². The topological polar surface area (TPSA) is 13.1 Å². The molecule has 0 aliphatic rings. The van der Waals surface area contributed by atoms with Crippen molar-refractivity contribution in [2.75, 3.05) is 0 Å². The van der Waals surface area contributed by atoms with Crippen molar-refractivity contribution in [1.82, 2.24) is 0 Å². The van der Waals surface area contributed by atoms with Crippen molar-refractivity contribution in [3.63, 3.8) is 0 Å². The molecule has 1 heterocycles. The molecule has 47 heavy (non-hydrogen) atoms. The zero-order valence-electron chi connectivity index (χ0n) is 33.0. The smallest absolute Gasteiger partial charge is 0.136 e. The van der Waals surface area contributed by atoms with E-state index in [9.17, 15) is 5.48 Å². The Kier molecular flexibility index (Phi) is 4.19. The number of rotatable bonds is 3. The van der Waals surface area contributed by atoms with Crippen molar-refractivity contribution in [3.05, 3.63) is 170 Å². The summed E-state index contributed by atoms with van der Waals surface area (Å²) in [6, 6.07) is 36.4. The summed E-state index contributed by atoms with van der Waals surface area (Å²) in [5, 5.41) is 6.65. The maximum absolute atomic E-state index is 9.35. The second-order valence-corrected chi connectivity index (χ2v) is 11.8. The van der Waals surface area contributed by atoms with Gasteiger partial charge in [0.15, 0.2) is 0 Å². The van der Waals surface area contributed by atoms with Gasteiger partial charge < -0.3 is 4.42 Å². The first-order valence-corrected chi connectivity index (χ1v) is 15.5. The Morgan fingerprint density at radius 3 is 1.68 bits per heavy atom. The van der Waals surface area contributed by atoms with E-state index >= 15 is 0 Å². The van der Waals surface area contributed by atoms with E-state index in [1.807, 2.05) is 72.8 Å². The van der Waals surface area contributed by atoms with E-state index in [4.69, 9.17) is 9.90 Å². The molecule has 10 aromatic rings. The van der Waals surface area contributed by atoms with Crippen LogP contribution in [0.2, 0.25) is 0 Å². The van der Waals surface area contributed by atoms with Gasteiger partial charge in [-0.25, -0.2) is 0 Å². The predicted molar refractivity (Wildman–Crippen MR) is 200 cm³/mol. The Balaban J connectivity index is 1.35. The van der Waals surface area contributed by atoms with E-state index in [1.54, 1.807) is 24.3 Å². The molecule has 10 rings (SSSR count). The number of furan rings is 1. The highest BCUT2D eigenvalue weighted by Crippen LogP contribution is 2.46. The van der Waals surface area contributed by atoms with Crippen LogP contribution in [0.1, 0.15) is 11.0 Å². The Bertz CT molecular complexity index is 3220. The molecule has 0 radical (unpaired) electrons. The predicted octanol–water partition coefficient (Wildman–Crippen LogP) is 13.2. The van der Waals surface area contributed by atoms with E-state index in [0.29, 0.717) is 22.3 Å². The first kappa shape index (κ1) is 19.4. The molecule has 0 spiro atoms. The molecular formula is C46H28O. The van der Waals surface area contributed by atoms with Crippen molar-refractivity contribution in [2.45, 2.75) is 0 Å². The number of hydrogen-bond acceptors (Lipinski definition) is 1. The second-order valence-electron chi connectivity index (χ2n) is 11.8. The summed E-state index contributed by atoms with van der Waals surface area (Å²) in [5.74, 6) is 0. The molecule has 0 aliphatic heterocycles. The Labute approximate surface area is 283 Å². The molecule has 1 nitrogen and oxygen atoms in total. The minimum atomic E-state index is -0.424. The molecular weight excluding hydrogens is 569 g/mol. The van der Waals surface area contributed by atoms with E-state index < -0.39 is 24.2 Å². The minimum Gasteiger partial charge on any atom is -0.456 e. The van der Waals surface area contributed by atoms with Crippen LogP contribution < -0.4 is 0 Å². The average molecular weight is 605 g/mol. The molecule has 0 fully saturated rings. The summed E-state index contributed by atoms with van der Waals surface area (Å²) in [4.78, 5) is 0. The van der Waals surface area contributed by atoms with Gasteiger partial charge in [-0.15, -0.1) is 0 Å². The fourth-order valence-electron chi connectivity index (χ4n) is 7.27. The highest BCUT2D eigenvalue weighted by Gasteiger charge is 2.19. The van der Waals surface area contributed by atoms with Crippen LogP contribution in [0.5, 0.6) is 0 Å². The first-order chi connectivity index (χ1) is 26.7. The summed E-state index contributed by atoms with van der Waals surface area (Å²) >= 11 is 0. The van der Waals surface area contributed by atoms with Gasteiger partial charge >= 0.3 is 0 Å². The molecule has 1 aromatic heterocycles. The Hall–Kier alpha value is -6.18. The van der Waals surface area contributed by atoms with E-state index in [1.165, 1.54) is 0 Å². The molecule has 0 bridgehead atoms. The first-order valence-electron chi connectivity index (χ1n) is 19.5. The Morgan fingerprint density at radius 1 is 0.383 bits per heavy atom. The monoisotopic (exact) mass is 604 g/mol. The van der Waals surface area contributed by atoms with Crippen molar-refractivity contribution in [2.24, 2.45) is 0 Å². The molecule has 1 heteroatoms. The molecule has 0 amide bonds. The van der Waals surface area contributed by atoms with Crippen molar-refractivity contribution >= 4 is 65.0 Å². The molecule has 218 valence electrons. The zero-order valence-corrected chi connectivity index (χ0v) is 25.0. The van der Waals surface area contributed by atoms with Crippen molar-refractivity contribution < 1.29 is 15.4 Å². The van der Waals surface area contributed by atoms with Gasteiger partial charge in [-0.2, -0.15) is 0 Å². The van der Waals surface area contributed by atoms with Crippen LogP contribution in [0.3, 0.4) is 0 Å². The summed E-state index contributed by atoms with van der Waals surface area (Å²) in [5.41, 5.74) is 5.28. The van der Waals surface area contributed by atoms with Gasteiger partial charge in [0.1, 0.15) is 11.2 Å². The van der Waals surface area contributed by atoms with Crippen LogP contribution in [0.25, 0.3) is 98.4 Å². The summed E-state index contributed by atoms with van der Waals surface area (Å²) in [7, 11) is 0. The molecule has 0 aliphatic carbocycles. The minimum absolute atomic E-state index is 0.193. The van der Waals surface area contributed by atoms with E-state index in [2.05, 4.69) is 24.3 Å². The quantitative estimate of drug-likeness (QED) is 0.183. The molecule has 0 saturated heterocycles. The fourth-order valence-corrected chi connectivity index (χ4v) is 7.27. The molecule has 0 unspecified atom stereocenters. The zero-order chi connectivity index (χ0) is 37.9. The summed E-state index contributed by atoms with van der Waals surface area (Å²) in [6.07, 6.45) is 0. The fraction of sp³-hybridized carbons (Fsp3) is 0. The molecule has 0 N–H and O–H groups in total.